The number of benzene rings is 2. The third-order valence-corrected chi connectivity index (χ3v) is 7.60. The minimum absolute atomic E-state index is 0.372. The number of hydrogen-bond donors (Lipinski definition) is 0. The van der Waals surface area contributed by atoms with Crippen LogP contribution in [0.15, 0.2) is 60.7 Å². The third kappa shape index (κ3) is 8.60. The summed E-state index contributed by atoms with van der Waals surface area (Å²) in [5, 5.41) is 1.46. The number of esters is 2. The molecule has 0 aliphatic heterocycles. The van der Waals surface area contributed by atoms with E-state index in [9.17, 15) is 9.59 Å². The Morgan fingerprint density at radius 1 is 0.548 bits per heavy atom. The molecular formula is C36H44N2O4. The summed E-state index contributed by atoms with van der Waals surface area (Å²) in [5.74, 6) is -0.745. The zero-order chi connectivity index (χ0) is 29.6. The molecule has 0 amide bonds. The largest absolute Gasteiger partial charge is 0.462 e. The number of unbranched alkanes of at least 4 members (excludes halogenated alkanes) is 10. The number of para-hydroxylation sites is 2. The van der Waals surface area contributed by atoms with Gasteiger partial charge in [-0.15, -0.1) is 0 Å². The molecule has 0 radical (unpaired) electrons. The minimum Gasteiger partial charge on any atom is -0.462 e. The van der Waals surface area contributed by atoms with Crippen LogP contribution in [-0.2, 0) is 9.47 Å². The van der Waals surface area contributed by atoms with E-state index in [4.69, 9.17) is 19.4 Å². The third-order valence-electron chi connectivity index (χ3n) is 7.60. The molecule has 0 aliphatic carbocycles. The molecule has 4 rings (SSSR count). The molecule has 0 saturated heterocycles. The van der Waals surface area contributed by atoms with Crippen molar-refractivity contribution in [3.63, 3.8) is 0 Å². The molecule has 0 fully saturated rings. The normalized spacial score (nSPS) is 11.2. The average Bonchev–Trinajstić information content (AvgIpc) is 3.02. The molecule has 0 unspecified atom stereocenters. The second-order valence-electron chi connectivity index (χ2n) is 11.0. The summed E-state index contributed by atoms with van der Waals surface area (Å²) in [6, 6.07) is 18.5. The Morgan fingerprint density at radius 3 is 1.36 bits per heavy atom. The van der Waals surface area contributed by atoms with Crippen LogP contribution in [0, 0.1) is 0 Å². The zero-order valence-corrected chi connectivity index (χ0v) is 25.2. The van der Waals surface area contributed by atoms with Gasteiger partial charge in [-0.1, -0.05) is 114 Å². The molecule has 0 saturated carbocycles. The summed E-state index contributed by atoms with van der Waals surface area (Å²) in [4.78, 5) is 36.1. The monoisotopic (exact) mass is 568 g/mol. The van der Waals surface area contributed by atoms with E-state index in [0.717, 1.165) is 49.3 Å². The lowest BCUT2D eigenvalue weighted by atomic mass is 10.0. The molecule has 2 heterocycles. The fourth-order valence-corrected chi connectivity index (χ4v) is 5.20. The van der Waals surface area contributed by atoms with E-state index in [1.54, 1.807) is 12.1 Å². The van der Waals surface area contributed by atoms with E-state index < -0.39 is 0 Å². The Kier molecular flexibility index (Phi) is 12.3. The number of carbonyl (C=O) groups is 2. The van der Waals surface area contributed by atoms with E-state index in [1.165, 1.54) is 38.5 Å². The van der Waals surface area contributed by atoms with Gasteiger partial charge in [-0.05, 0) is 37.1 Å². The van der Waals surface area contributed by atoms with Crippen LogP contribution in [0.1, 0.15) is 112 Å². The Hall–Kier alpha value is -3.80. The van der Waals surface area contributed by atoms with Gasteiger partial charge >= 0.3 is 11.9 Å². The highest BCUT2D eigenvalue weighted by Crippen LogP contribution is 2.28. The SMILES string of the molecule is CCCCCCCCOC(=O)c1cc(-c2cc(C(=O)OCCCCCCCC)c3ccccc3n2)nc2ccccc12. The number of hydrogen-bond acceptors (Lipinski definition) is 6. The summed E-state index contributed by atoms with van der Waals surface area (Å²) in [5.41, 5.74) is 3.26. The molecule has 0 bridgehead atoms. The highest BCUT2D eigenvalue weighted by atomic mass is 16.5. The number of ether oxygens (including phenoxy) is 2. The first-order valence-electron chi connectivity index (χ1n) is 15.8. The van der Waals surface area contributed by atoms with Gasteiger partial charge in [-0.25, -0.2) is 19.6 Å². The molecule has 42 heavy (non-hydrogen) atoms. The molecule has 2 aromatic heterocycles. The molecule has 0 N–H and O–H groups in total. The van der Waals surface area contributed by atoms with Crippen molar-refractivity contribution in [2.24, 2.45) is 0 Å². The highest BCUT2D eigenvalue weighted by Gasteiger charge is 2.19. The van der Waals surface area contributed by atoms with Gasteiger partial charge in [0.05, 0.1) is 46.8 Å². The van der Waals surface area contributed by atoms with E-state index in [1.807, 2.05) is 48.5 Å². The lowest BCUT2D eigenvalue weighted by molar-refractivity contribution is 0.0490. The fraction of sp³-hybridized carbons (Fsp3) is 0.444. The molecule has 2 aromatic carbocycles. The van der Waals surface area contributed by atoms with Gasteiger partial charge in [-0.3, -0.25) is 0 Å². The Morgan fingerprint density at radius 2 is 0.929 bits per heavy atom. The summed E-state index contributed by atoms with van der Waals surface area (Å²) in [6.07, 6.45) is 13.5. The number of pyridine rings is 2. The van der Waals surface area contributed by atoms with Crippen LogP contribution >= 0.6 is 0 Å². The van der Waals surface area contributed by atoms with Crippen LogP contribution in [0.4, 0.5) is 0 Å². The van der Waals surface area contributed by atoms with Crippen molar-refractivity contribution < 1.29 is 19.1 Å². The number of nitrogens with zero attached hydrogens (tertiary/aromatic N) is 2. The maximum Gasteiger partial charge on any atom is 0.338 e. The van der Waals surface area contributed by atoms with Crippen LogP contribution in [0.25, 0.3) is 33.2 Å². The highest BCUT2D eigenvalue weighted by molar-refractivity contribution is 6.06. The molecular weight excluding hydrogens is 524 g/mol. The molecule has 0 aliphatic rings. The van der Waals surface area contributed by atoms with Gasteiger partial charge in [0.15, 0.2) is 0 Å². The predicted octanol–water partition coefficient (Wildman–Crippen LogP) is 9.48. The molecule has 6 nitrogen and oxygen atoms in total. The van der Waals surface area contributed by atoms with Crippen LogP contribution in [0.2, 0.25) is 0 Å². The standard InChI is InChI=1S/C36H44N2O4/c1-3-5-7-9-11-17-23-41-35(39)29-25-33(37-31-21-15-13-19-27(29)31)34-26-30(28-20-14-16-22-32(28)38-34)36(40)42-24-18-12-10-8-6-4-2/h13-16,19-22,25-26H,3-12,17-18,23-24H2,1-2H3. The first kappa shape index (κ1) is 31.1. The quantitative estimate of drug-likeness (QED) is 0.0932. The maximum atomic E-state index is 13.3. The Balaban J connectivity index is 1.55. The van der Waals surface area contributed by atoms with Crippen LogP contribution in [0.3, 0.4) is 0 Å². The van der Waals surface area contributed by atoms with Gasteiger partial charge in [0.25, 0.3) is 0 Å². The predicted molar refractivity (Wildman–Crippen MR) is 170 cm³/mol. The lowest BCUT2D eigenvalue weighted by Crippen LogP contribution is -2.10. The molecule has 6 heteroatoms. The summed E-state index contributed by atoms with van der Waals surface area (Å²) in [7, 11) is 0. The van der Waals surface area contributed by atoms with Crippen molar-refractivity contribution in [1.82, 2.24) is 9.97 Å². The fourth-order valence-electron chi connectivity index (χ4n) is 5.20. The van der Waals surface area contributed by atoms with Gasteiger partial charge in [0.2, 0.25) is 0 Å². The molecule has 0 atom stereocenters. The first-order valence-corrected chi connectivity index (χ1v) is 15.8. The maximum absolute atomic E-state index is 13.3. The molecule has 222 valence electrons. The van der Waals surface area contributed by atoms with Crippen LogP contribution < -0.4 is 0 Å². The topological polar surface area (TPSA) is 78.4 Å². The van der Waals surface area contributed by atoms with Crippen molar-refractivity contribution in [3.05, 3.63) is 71.8 Å². The van der Waals surface area contributed by atoms with Crippen LogP contribution in [-0.4, -0.2) is 35.1 Å². The Labute approximate surface area is 249 Å². The second kappa shape index (κ2) is 16.6. The van der Waals surface area contributed by atoms with Crippen molar-refractivity contribution >= 4 is 33.7 Å². The first-order chi connectivity index (χ1) is 20.6. The van der Waals surface area contributed by atoms with Crippen molar-refractivity contribution in [1.29, 1.82) is 0 Å². The zero-order valence-electron chi connectivity index (χ0n) is 25.2. The summed E-state index contributed by atoms with van der Waals surface area (Å²) < 4.78 is 11.4. The average molecular weight is 569 g/mol. The number of aromatic nitrogens is 2. The number of fused-ring (bicyclic) bond motifs is 2. The van der Waals surface area contributed by atoms with Crippen molar-refractivity contribution in [2.75, 3.05) is 13.2 Å². The van der Waals surface area contributed by atoms with Gasteiger partial charge in [0.1, 0.15) is 0 Å². The number of carbonyl (C=O) groups excluding carboxylic acids is 2. The number of rotatable bonds is 17. The van der Waals surface area contributed by atoms with Crippen molar-refractivity contribution in [2.45, 2.75) is 90.9 Å². The molecule has 0 spiro atoms. The van der Waals surface area contributed by atoms with Crippen molar-refractivity contribution in [3.8, 4) is 11.4 Å². The molecule has 4 aromatic rings. The smallest absolute Gasteiger partial charge is 0.338 e. The van der Waals surface area contributed by atoms with Gasteiger partial charge in [-0.2, -0.15) is 0 Å². The summed E-state index contributed by atoms with van der Waals surface area (Å²) in [6.45, 7) is 5.18. The van der Waals surface area contributed by atoms with E-state index in [-0.39, 0.29) is 11.9 Å². The van der Waals surface area contributed by atoms with Gasteiger partial charge < -0.3 is 9.47 Å². The van der Waals surface area contributed by atoms with Crippen LogP contribution in [0.5, 0.6) is 0 Å². The van der Waals surface area contributed by atoms with E-state index in [0.29, 0.717) is 46.8 Å². The van der Waals surface area contributed by atoms with E-state index >= 15 is 0 Å². The van der Waals surface area contributed by atoms with Gasteiger partial charge in [0, 0.05) is 10.8 Å². The minimum atomic E-state index is -0.372. The Bertz CT molecular complexity index is 1350. The summed E-state index contributed by atoms with van der Waals surface area (Å²) >= 11 is 0. The lowest BCUT2D eigenvalue weighted by Gasteiger charge is -2.12. The van der Waals surface area contributed by atoms with E-state index in [2.05, 4.69) is 13.8 Å². The second-order valence-corrected chi connectivity index (χ2v) is 11.0.